The summed E-state index contributed by atoms with van der Waals surface area (Å²) in [5.41, 5.74) is 2.77. The van der Waals surface area contributed by atoms with Crippen LogP contribution in [0, 0.1) is 12.7 Å². The summed E-state index contributed by atoms with van der Waals surface area (Å²) in [4.78, 5) is 34.3. The molecule has 3 aromatic carbocycles. The van der Waals surface area contributed by atoms with Gasteiger partial charge in [-0.25, -0.2) is 18.9 Å². The topological polar surface area (TPSA) is 102 Å². The molecule has 14 heteroatoms. The number of amidine groups is 1. The number of alkyl halides is 3. The number of carbonyl (C=O) groups excluding carboxylic acids is 2. The van der Waals surface area contributed by atoms with Crippen LogP contribution in [0.4, 0.5) is 33.7 Å². The maximum absolute atomic E-state index is 14.4. The molecule has 1 aliphatic heterocycles. The summed E-state index contributed by atoms with van der Waals surface area (Å²) in [6.45, 7) is 1.77. The van der Waals surface area contributed by atoms with Crippen molar-refractivity contribution in [1.82, 2.24) is 14.8 Å². The molecule has 1 aliphatic rings. The number of nitrogens with zero attached hydrogens (tertiary/aromatic N) is 5. The van der Waals surface area contributed by atoms with Crippen LogP contribution in [-0.2, 0) is 17.6 Å². The quantitative estimate of drug-likeness (QED) is 0.259. The van der Waals surface area contributed by atoms with E-state index in [2.05, 4.69) is 25.1 Å². The minimum atomic E-state index is -4.76. The Morgan fingerprint density at radius 1 is 1.07 bits per heavy atom. The van der Waals surface area contributed by atoms with Crippen molar-refractivity contribution >= 4 is 40.2 Å². The van der Waals surface area contributed by atoms with Crippen LogP contribution in [0.2, 0.25) is 0 Å². The van der Waals surface area contributed by atoms with E-state index in [1.165, 1.54) is 47.4 Å². The van der Waals surface area contributed by atoms with Crippen molar-refractivity contribution in [3.8, 4) is 11.4 Å². The third-order valence-electron chi connectivity index (χ3n) is 6.02. The van der Waals surface area contributed by atoms with Gasteiger partial charge in [0, 0.05) is 12.1 Å². The van der Waals surface area contributed by atoms with Gasteiger partial charge in [0.15, 0.2) is 11.0 Å². The first-order valence-electron chi connectivity index (χ1n) is 12.5. The monoisotopic (exact) mass is 598 g/mol. The van der Waals surface area contributed by atoms with Gasteiger partial charge in [-0.1, -0.05) is 30.0 Å². The minimum Gasteiger partial charge on any atom is -0.406 e. The average Bonchev–Trinajstić information content (AvgIpc) is 3.56. The number of aliphatic imine (C=N–C) groups is 1. The molecule has 0 spiro atoms. The number of aromatic nitrogens is 3. The molecule has 9 nitrogen and oxygen atoms in total. The SMILES string of the molecule is Cc1ccc(F)c(N2C(=O)CSC2=NC(=O)Nc2ccc(CCc3ncn(-c4ccc(OC(F)(F)F)cc4)n3)cc2)c1. The summed E-state index contributed by atoms with van der Waals surface area (Å²) in [5.74, 6) is -0.698. The van der Waals surface area contributed by atoms with Crippen LogP contribution in [0.15, 0.2) is 78.0 Å². The second-order valence-electron chi connectivity index (χ2n) is 9.14. The van der Waals surface area contributed by atoms with E-state index < -0.39 is 18.2 Å². The lowest BCUT2D eigenvalue weighted by Crippen LogP contribution is -2.31. The fraction of sp³-hybridized carbons (Fsp3) is 0.179. The Balaban J connectivity index is 1.16. The predicted octanol–water partition coefficient (Wildman–Crippen LogP) is 6.07. The molecule has 3 amide bonds. The molecule has 0 atom stereocenters. The maximum atomic E-state index is 14.4. The normalized spacial score (nSPS) is 14.5. The summed E-state index contributed by atoms with van der Waals surface area (Å²) in [7, 11) is 0. The molecule has 2 heterocycles. The van der Waals surface area contributed by atoms with Gasteiger partial charge >= 0.3 is 12.4 Å². The molecule has 4 aromatic rings. The zero-order chi connectivity index (χ0) is 29.9. The number of benzene rings is 3. The number of anilines is 2. The van der Waals surface area contributed by atoms with Crippen LogP contribution in [0.1, 0.15) is 17.0 Å². The highest BCUT2D eigenvalue weighted by atomic mass is 32.2. The van der Waals surface area contributed by atoms with Gasteiger partial charge in [0.05, 0.1) is 17.1 Å². The molecule has 1 fully saturated rings. The summed E-state index contributed by atoms with van der Waals surface area (Å²) < 4.78 is 56.8. The minimum absolute atomic E-state index is 0.0461. The lowest BCUT2D eigenvalue weighted by atomic mass is 10.1. The molecular weight excluding hydrogens is 576 g/mol. The van der Waals surface area contributed by atoms with Crippen molar-refractivity contribution in [3.05, 3.63) is 95.8 Å². The molecule has 5 rings (SSSR count). The van der Waals surface area contributed by atoms with E-state index in [-0.39, 0.29) is 28.3 Å². The van der Waals surface area contributed by atoms with E-state index in [1.807, 2.05) is 12.1 Å². The molecule has 0 unspecified atom stereocenters. The number of urea groups is 1. The van der Waals surface area contributed by atoms with Gasteiger partial charge in [0.25, 0.3) is 0 Å². The van der Waals surface area contributed by atoms with E-state index in [0.717, 1.165) is 27.8 Å². The first-order chi connectivity index (χ1) is 20.0. The molecule has 1 saturated heterocycles. The van der Waals surface area contributed by atoms with E-state index in [1.54, 1.807) is 25.1 Å². The van der Waals surface area contributed by atoms with Crippen molar-refractivity contribution in [2.24, 2.45) is 4.99 Å². The third kappa shape index (κ3) is 7.13. The van der Waals surface area contributed by atoms with Crippen LogP contribution >= 0.6 is 11.8 Å². The lowest BCUT2D eigenvalue weighted by molar-refractivity contribution is -0.274. The highest BCUT2D eigenvalue weighted by Gasteiger charge is 2.32. The Kier molecular flexibility index (Phi) is 8.24. The number of thioether (sulfide) groups is 1. The van der Waals surface area contributed by atoms with E-state index in [4.69, 9.17) is 0 Å². The van der Waals surface area contributed by atoms with Crippen molar-refractivity contribution in [2.75, 3.05) is 16.0 Å². The van der Waals surface area contributed by atoms with Crippen LogP contribution < -0.4 is 15.0 Å². The van der Waals surface area contributed by atoms with E-state index >= 15 is 0 Å². The molecule has 0 radical (unpaired) electrons. The fourth-order valence-electron chi connectivity index (χ4n) is 4.06. The van der Waals surface area contributed by atoms with Gasteiger partial charge in [-0.15, -0.1) is 13.2 Å². The first-order valence-corrected chi connectivity index (χ1v) is 13.5. The van der Waals surface area contributed by atoms with Crippen LogP contribution in [0.5, 0.6) is 5.75 Å². The van der Waals surface area contributed by atoms with Crippen molar-refractivity contribution in [3.63, 3.8) is 0 Å². The molecule has 0 aliphatic carbocycles. The smallest absolute Gasteiger partial charge is 0.406 e. The number of carbonyl (C=O) groups is 2. The van der Waals surface area contributed by atoms with E-state index in [9.17, 15) is 27.2 Å². The second-order valence-corrected chi connectivity index (χ2v) is 10.1. The Morgan fingerprint density at radius 2 is 1.81 bits per heavy atom. The summed E-state index contributed by atoms with van der Waals surface area (Å²) in [5, 5.41) is 7.11. The van der Waals surface area contributed by atoms with Gasteiger partial charge in [0.2, 0.25) is 5.91 Å². The van der Waals surface area contributed by atoms with E-state index in [0.29, 0.717) is 30.0 Å². The number of rotatable bonds is 7. The van der Waals surface area contributed by atoms with Gasteiger partial charge in [0.1, 0.15) is 17.9 Å². The first kappa shape index (κ1) is 28.8. The van der Waals surface area contributed by atoms with Crippen LogP contribution in [0.3, 0.4) is 0 Å². The number of nitrogens with one attached hydrogen (secondary N) is 1. The van der Waals surface area contributed by atoms with Gasteiger partial charge in [-0.05, 0) is 73.0 Å². The highest BCUT2D eigenvalue weighted by Crippen LogP contribution is 2.30. The summed E-state index contributed by atoms with van der Waals surface area (Å²) in [6.07, 6.45) is -2.20. The Bertz CT molecular complexity index is 1640. The molecule has 0 bridgehead atoms. The predicted molar refractivity (Wildman–Crippen MR) is 149 cm³/mol. The summed E-state index contributed by atoms with van der Waals surface area (Å²) in [6, 6.07) is 16.0. The Labute approximate surface area is 241 Å². The van der Waals surface area contributed by atoms with Crippen molar-refractivity contribution in [1.29, 1.82) is 0 Å². The number of aryl methyl sites for hydroxylation is 3. The Morgan fingerprint density at radius 3 is 2.52 bits per heavy atom. The van der Waals surface area contributed by atoms with Gasteiger partial charge in [-0.2, -0.15) is 10.1 Å². The van der Waals surface area contributed by atoms with Crippen molar-refractivity contribution < 1.29 is 31.9 Å². The standard InChI is InChI=1S/C28H22F4N6O3S/c1-17-2-12-22(29)23(14-17)38-25(39)15-42-27(38)35-26(40)34-19-6-3-18(4-7-19)5-13-24-33-16-37(36-24)20-8-10-21(11-9-20)41-28(30,31)32/h2-4,6-12,14,16H,5,13,15H2,1H3,(H,34,40). The molecule has 0 saturated carbocycles. The number of halogens is 4. The lowest BCUT2D eigenvalue weighted by Gasteiger charge is -2.17. The average molecular weight is 599 g/mol. The van der Waals surface area contributed by atoms with Crippen LogP contribution in [-0.4, -0.2) is 44.0 Å². The Hall–Kier alpha value is -4.72. The largest absolute Gasteiger partial charge is 0.573 e. The number of ether oxygens (including phenoxy) is 1. The third-order valence-corrected chi connectivity index (χ3v) is 6.95. The summed E-state index contributed by atoms with van der Waals surface area (Å²) >= 11 is 1.06. The molecule has 1 aromatic heterocycles. The zero-order valence-electron chi connectivity index (χ0n) is 21.9. The highest BCUT2D eigenvalue weighted by molar-refractivity contribution is 8.15. The number of hydrogen-bond acceptors (Lipinski definition) is 6. The van der Waals surface area contributed by atoms with Gasteiger partial charge in [-0.3, -0.25) is 9.69 Å². The number of hydrogen-bond donors (Lipinski definition) is 1. The zero-order valence-corrected chi connectivity index (χ0v) is 22.7. The molecule has 42 heavy (non-hydrogen) atoms. The van der Waals surface area contributed by atoms with Gasteiger partial charge < -0.3 is 10.1 Å². The maximum Gasteiger partial charge on any atom is 0.573 e. The van der Waals surface area contributed by atoms with Crippen molar-refractivity contribution in [2.45, 2.75) is 26.1 Å². The number of amides is 3. The molecular formula is C28H22F4N6O3S. The van der Waals surface area contributed by atoms with Crippen LogP contribution in [0.25, 0.3) is 5.69 Å². The molecule has 1 N–H and O–H groups in total. The molecule has 216 valence electrons. The second kappa shape index (κ2) is 12.0. The fourth-order valence-corrected chi connectivity index (χ4v) is 4.92.